The van der Waals surface area contributed by atoms with Gasteiger partial charge in [0.25, 0.3) is 5.69 Å². The fraction of sp³-hybridized carbons (Fsp3) is 0.235. The van der Waals surface area contributed by atoms with Crippen LogP contribution in [-0.4, -0.2) is 31.0 Å². The van der Waals surface area contributed by atoms with Crippen molar-refractivity contribution >= 4 is 41.3 Å². The molecule has 3 N–H and O–H groups in total. The molecular formula is C17H21FIN5O2. The number of hydrogen-bond acceptors (Lipinski definition) is 4. The highest BCUT2D eigenvalue weighted by Gasteiger charge is 2.11. The van der Waals surface area contributed by atoms with E-state index >= 15 is 0 Å². The van der Waals surface area contributed by atoms with Gasteiger partial charge in [0, 0.05) is 32.7 Å². The summed E-state index contributed by atoms with van der Waals surface area (Å²) in [5.74, 6) is 0.320. The van der Waals surface area contributed by atoms with E-state index in [-0.39, 0.29) is 35.5 Å². The molecule has 140 valence electrons. The Labute approximate surface area is 168 Å². The quantitative estimate of drug-likeness (QED) is 0.144. The van der Waals surface area contributed by atoms with E-state index in [2.05, 4.69) is 20.9 Å². The lowest BCUT2D eigenvalue weighted by Crippen LogP contribution is -2.39. The summed E-state index contributed by atoms with van der Waals surface area (Å²) in [6.07, 6.45) is 0. The minimum atomic E-state index is -0.418. The molecule has 0 spiro atoms. The van der Waals surface area contributed by atoms with Gasteiger partial charge in [-0.2, -0.15) is 0 Å². The monoisotopic (exact) mass is 473 g/mol. The number of benzene rings is 2. The highest BCUT2D eigenvalue weighted by Crippen LogP contribution is 2.22. The number of halogens is 2. The molecule has 0 amide bonds. The summed E-state index contributed by atoms with van der Waals surface area (Å²) in [5.41, 5.74) is 1.45. The molecule has 0 bridgehead atoms. The maximum Gasteiger partial charge on any atom is 0.292 e. The number of nitro groups is 1. The van der Waals surface area contributed by atoms with Crippen molar-refractivity contribution in [2.75, 3.05) is 25.5 Å². The largest absolute Gasteiger partial charge is 0.378 e. The predicted octanol–water partition coefficient (Wildman–Crippen LogP) is 3.13. The van der Waals surface area contributed by atoms with Crippen LogP contribution in [0.25, 0.3) is 0 Å². The highest BCUT2D eigenvalue weighted by atomic mass is 127. The number of guanidine groups is 1. The van der Waals surface area contributed by atoms with Gasteiger partial charge in [-0.1, -0.05) is 24.3 Å². The first kappa shape index (κ1) is 21.6. The van der Waals surface area contributed by atoms with Crippen molar-refractivity contribution in [3.05, 3.63) is 70.0 Å². The standard InChI is InChI=1S/C17H20FN5O2.HI/c1-19-17(22-12-13-6-8-14(18)9-7-13)21-11-10-20-15-4-2-3-5-16(15)23(24)25;/h2-9,20H,10-12H2,1H3,(H2,19,21,22);1H. The van der Waals surface area contributed by atoms with Crippen LogP contribution in [0.15, 0.2) is 53.5 Å². The van der Waals surface area contributed by atoms with Gasteiger partial charge in [0.15, 0.2) is 5.96 Å². The van der Waals surface area contributed by atoms with E-state index in [0.717, 1.165) is 5.56 Å². The number of para-hydroxylation sites is 2. The van der Waals surface area contributed by atoms with E-state index < -0.39 is 4.92 Å². The first-order chi connectivity index (χ1) is 12.1. The molecule has 0 aliphatic carbocycles. The van der Waals surface area contributed by atoms with Crippen LogP contribution in [0.2, 0.25) is 0 Å². The van der Waals surface area contributed by atoms with E-state index in [4.69, 9.17) is 0 Å². The molecule has 0 unspecified atom stereocenters. The molecule has 26 heavy (non-hydrogen) atoms. The van der Waals surface area contributed by atoms with Crippen molar-refractivity contribution in [2.45, 2.75) is 6.54 Å². The molecule has 2 aromatic rings. The molecule has 0 saturated carbocycles. The first-order valence-corrected chi connectivity index (χ1v) is 7.76. The van der Waals surface area contributed by atoms with E-state index in [1.54, 1.807) is 37.4 Å². The molecule has 0 saturated heterocycles. The summed E-state index contributed by atoms with van der Waals surface area (Å²) in [4.78, 5) is 14.6. The zero-order valence-electron chi connectivity index (χ0n) is 14.2. The van der Waals surface area contributed by atoms with Crippen molar-refractivity contribution in [3.8, 4) is 0 Å². The summed E-state index contributed by atoms with van der Waals surface area (Å²) < 4.78 is 12.9. The van der Waals surface area contributed by atoms with E-state index in [9.17, 15) is 14.5 Å². The maximum absolute atomic E-state index is 12.9. The Morgan fingerprint density at radius 1 is 1.12 bits per heavy atom. The summed E-state index contributed by atoms with van der Waals surface area (Å²) in [7, 11) is 1.65. The Bertz CT molecular complexity index is 740. The number of nitro benzene ring substituents is 1. The molecule has 0 aromatic heterocycles. The summed E-state index contributed by atoms with van der Waals surface area (Å²) in [6, 6.07) is 12.7. The second-order valence-electron chi connectivity index (χ2n) is 5.18. The van der Waals surface area contributed by atoms with Crippen molar-refractivity contribution < 1.29 is 9.31 Å². The molecule has 7 nitrogen and oxygen atoms in total. The fourth-order valence-corrected chi connectivity index (χ4v) is 2.17. The number of aliphatic imine (C=N–C) groups is 1. The fourth-order valence-electron chi connectivity index (χ4n) is 2.17. The molecule has 0 fully saturated rings. The summed E-state index contributed by atoms with van der Waals surface area (Å²) in [6.45, 7) is 1.52. The molecular weight excluding hydrogens is 452 g/mol. The lowest BCUT2D eigenvalue weighted by Gasteiger charge is -2.13. The van der Waals surface area contributed by atoms with Crippen LogP contribution >= 0.6 is 24.0 Å². The Morgan fingerprint density at radius 3 is 2.46 bits per heavy atom. The number of hydrogen-bond donors (Lipinski definition) is 3. The van der Waals surface area contributed by atoms with Gasteiger partial charge in [-0.25, -0.2) is 4.39 Å². The molecule has 2 rings (SSSR count). The van der Waals surface area contributed by atoms with Crippen LogP contribution in [0, 0.1) is 15.9 Å². The van der Waals surface area contributed by atoms with Crippen molar-refractivity contribution in [1.82, 2.24) is 10.6 Å². The van der Waals surface area contributed by atoms with Crippen LogP contribution in [-0.2, 0) is 6.54 Å². The van der Waals surface area contributed by atoms with Gasteiger partial charge in [0.1, 0.15) is 11.5 Å². The van der Waals surface area contributed by atoms with Crippen molar-refractivity contribution in [2.24, 2.45) is 4.99 Å². The van der Waals surface area contributed by atoms with Gasteiger partial charge in [0.05, 0.1) is 4.92 Å². The molecule has 9 heteroatoms. The van der Waals surface area contributed by atoms with Gasteiger partial charge in [-0.3, -0.25) is 15.1 Å². The maximum atomic E-state index is 12.9. The zero-order valence-corrected chi connectivity index (χ0v) is 16.6. The highest BCUT2D eigenvalue weighted by molar-refractivity contribution is 14.0. The molecule has 0 aliphatic rings. The van der Waals surface area contributed by atoms with Crippen LogP contribution in [0.5, 0.6) is 0 Å². The minimum absolute atomic E-state index is 0. The van der Waals surface area contributed by atoms with Crippen LogP contribution < -0.4 is 16.0 Å². The minimum Gasteiger partial charge on any atom is -0.378 e. The second kappa shape index (κ2) is 11.2. The topological polar surface area (TPSA) is 91.6 Å². The smallest absolute Gasteiger partial charge is 0.292 e. The first-order valence-electron chi connectivity index (χ1n) is 7.76. The zero-order chi connectivity index (χ0) is 18.1. The predicted molar refractivity (Wildman–Crippen MR) is 112 cm³/mol. The molecule has 0 radical (unpaired) electrons. The Kier molecular flexibility index (Phi) is 9.34. The number of rotatable bonds is 7. The summed E-state index contributed by atoms with van der Waals surface area (Å²) in [5, 5.41) is 20.2. The van der Waals surface area contributed by atoms with Crippen LogP contribution in [0.4, 0.5) is 15.8 Å². The number of anilines is 1. The average molecular weight is 473 g/mol. The molecule has 2 aromatic carbocycles. The lowest BCUT2D eigenvalue weighted by molar-refractivity contribution is -0.384. The van der Waals surface area contributed by atoms with Gasteiger partial charge < -0.3 is 16.0 Å². The van der Waals surface area contributed by atoms with E-state index in [1.807, 2.05) is 0 Å². The van der Waals surface area contributed by atoms with Crippen LogP contribution in [0.3, 0.4) is 0 Å². The second-order valence-corrected chi connectivity index (χ2v) is 5.18. The normalized spacial score (nSPS) is 10.6. The Balaban J connectivity index is 0.00000338. The van der Waals surface area contributed by atoms with Crippen molar-refractivity contribution in [1.29, 1.82) is 0 Å². The SMILES string of the molecule is CN=C(NCCNc1ccccc1[N+](=O)[O-])NCc1ccc(F)cc1.I. The van der Waals surface area contributed by atoms with Gasteiger partial charge >= 0.3 is 0 Å². The third-order valence-corrected chi connectivity index (χ3v) is 3.43. The van der Waals surface area contributed by atoms with E-state index in [0.29, 0.717) is 31.3 Å². The third kappa shape index (κ3) is 6.82. The molecule has 0 atom stereocenters. The van der Waals surface area contributed by atoms with Crippen molar-refractivity contribution in [3.63, 3.8) is 0 Å². The van der Waals surface area contributed by atoms with Gasteiger partial charge in [0.2, 0.25) is 0 Å². The number of nitrogens with one attached hydrogen (secondary N) is 3. The van der Waals surface area contributed by atoms with Gasteiger partial charge in [-0.05, 0) is 23.8 Å². The van der Waals surface area contributed by atoms with E-state index in [1.165, 1.54) is 18.2 Å². The lowest BCUT2D eigenvalue weighted by atomic mass is 10.2. The third-order valence-electron chi connectivity index (χ3n) is 3.43. The van der Waals surface area contributed by atoms with Gasteiger partial charge in [-0.15, -0.1) is 24.0 Å². The van der Waals surface area contributed by atoms with Crippen LogP contribution in [0.1, 0.15) is 5.56 Å². The average Bonchev–Trinajstić information content (AvgIpc) is 2.62. The molecule has 0 heterocycles. The number of nitrogens with zero attached hydrogens (tertiary/aromatic N) is 2. The summed E-state index contributed by atoms with van der Waals surface area (Å²) >= 11 is 0. The Morgan fingerprint density at radius 2 is 1.81 bits per heavy atom. The molecule has 0 aliphatic heterocycles. The Hall–Kier alpha value is -2.43.